The predicted molar refractivity (Wildman–Crippen MR) is 415 cm³/mol. The number of ether oxygens (including phenoxy) is 24. The number of carbonyl (C=O) groups excluding carboxylic acids is 3. The van der Waals surface area contributed by atoms with Gasteiger partial charge in [0.15, 0.2) is 0 Å². The number of Topliss-reactive ketones (excluding diaryl/α,β-unsaturated/α-hetero) is 1. The molecule has 0 aromatic carbocycles. The topological polar surface area (TPSA) is 334 Å². The number of carbonyl (C=O) groups is 4. The summed E-state index contributed by atoms with van der Waals surface area (Å²) in [6, 6.07) is 0. The molecule has 0 aromatic heterocycles. The molecule has 0 spiro atoms. The average Bonchev–Trinajstić information content (AvgIpc) is 0.818. The first-order chi connectivity index (χ1) is 54.3. The van der Waals surface area contributed by atoms with Crippen molar-refractivity contribution in [2.75, 3.05) is 330 Å². The zero-order valence-electron chi connectivity index (χ0n) is 68.6. The highest BCUT2D eigenvalue weighted by Crippen LogP contribution is 2.33. The van der Waals surface area contributed by atoms with Crippen LogP contribution in [0, 0.1) is 5.41 Å². The number of unbranched alkanes of at least 4 members (excludes halogenated alkanes) is 15. The van der Waals surface area contributed by atoms with Crippen molar-refractivity contribution in [1.82, 2.24) is 10.6 Å². The molecule has 1 unspecified atom stereocenters. The summed E-state index contributed by atoms with van der Waals surface area (Å²) in [5, 5.41) is 16.1. The molecule has 0 rings (SSSR count). The second-order valence-corrected chi connectivity index (χ2v) is 25.7. The van der Waals surface area contributed by atoms with Crippen molar-refractivity contribution in [3.63, 3.8) is 0 Å². The first kappa shape index (κ1) is 107. The van der Waals surface area contributed by atoms with Crippen LogP contribution in [0.3, 0.4) is 0 Å². The number of aliphatic carboxylic acids is 1. The van der Waals surface area contributed by atoms with Crippen LogP contribution in [-0.4, -0.2) is 359 Å². The van der Waals surface area contributed by atoms with E-state index in [9.17, 15) is 24.3 Å². The summed E-state index contributed by atoms with van der Waals surface area (Å²) in [6.07, 6.45) is 19.7. The van der Waals surface area contributed by atoms with E-state index in [-0.39, 0.29) is 24.8 Å². The Labute approximate surface area is 660 Å². The lowest BCUT2D eigenvalue weighted by Gasteiger charge is -2.28. The number of amides is 2. The highest BCUT2D eigenvalue weighted by atomic mass is 16.6. The van der Waals surface area contributed by atoms with E-state index in [1.54, 1.807) is 6.92 Å². The van der Waals surface area contributed by atoms with E-state index < -0.39 is 17.3 Å². The molecule has 0 radical (unpaired) electrons. The minimum absolute atomic E-state index is 0.00928. The van der Waals surface area contributed by atoms with Crippen molar-refractivity contribution in [1.29, 1.82) is 0 Å². The fraction of sp³-hybridized carbons (Fsp3) is 0.949. The van der Waals surface area contributed by atoms with Gasteiger partial charge in [-0.05, 0) is 33.1 Å². The maximum atomic E-state index is 13.6. The van der Waals surface area contributed by atoms with Crippen LogP contribution in [0.2, 0.25) is 0 Å². The second-order valence-electron chi connectivity index (χ2n) is 25.7. The molecule has 3 N–H and O–H groups in total. The van der Waals surface area contributed by atoms with Gasteiger partial charge in [0.2, 0.25) is 11.8 Å². The number of carboxylic acid groups (broad SMARTS) is 1. The van der Waals surface area contributed by atoms with Crippen molar-refractivity contribution >= 4 is 23.6 Å². The van der Waals surface area contributed by atoms with Crippen molar-refractivity contribution in [2.45, 2.75) is 156 Å². The Kier molecular flexibility index (Phi) is 90.8. The number of hydrogen-bond donors (Lipinski definition) is 3. The standard InChI is InChI=1S/C79H154N2O29/c1-4-6-7-8-9-11-14-17-20-24-79(78(85)86,25-21-18-15-12-10-13-16-19-22-75(3)82)77(84)81-26-28-88-30-32-90-34-36-92-38-40-94-42-44-96-46-48-98-50-52-100-54-56-102-58-60-104-62-64-106-66-68-108-70-72-110-74-73-109-71-69-107-67-65-105-63-61-103-59-57-101-55-53-99-51-49-97-47-45-95-43-41-93-39-37-91-35-33-89-31-29-87-27-23-76(83)80-5-2/h4-74H2,1-3H3,(H,80,83)(H,81,84)(H,85,86). The maximum absolute atomic E-state index is 13.6. The largest absolute Gasteiger partial charge is 0.480 e. The summed E-state index contributed by atoms with van der Waals surface area (Å²) in [7, 11) is 0. The quantitative estimate of drug-likeness (QED) is 0.0391. The number of ketones is 1. The van der Waals surface area contributed by atoms with Gasteiger partial charge in [-0.15, -0.1) is 0 Å². The molecule has 0 aliphatic carbocycles. The lowest BCUT2D eigenvalue weighted by atomic mass is 9.76. The van der Waals surface area contributed by atoms with E-state index >= 15 is 0 Å². The van der Waals surface area contributed by atoms with Gasteiger partial charge in [0.1, 0.15) is 11.2 Å². The monoisotopic (exact) mass is 1600 g/mol. The van der Waals surface area contributed by atoms with Crippen molar-refractivity contribution in [2.24, 2.45) is 5.41 Å². The van der Waals surface area contributed by atoms with E-state index in [1.807, 2.05) is 6.92 Å². The fourth-order valence-corrected chi connectivity index (χ4v) is 10.3. The summed E-state index contributed by atoms with van der Waals surface area (Å²) in [5.74, 6) is -1.21. The van der Waals surface area contributed by atoms with Crippen LogP contribution in [0.5, 0.6) is 0 Å². The molecule has 1 atom stereocenters. The Morgan fingerprint density at radius 2 is 0.427 bits per heavy atom. The molecule has 654 valence electrons. The number of carboxylic acids is 1. The van der Waals surface area contributed by atoms with Crippen LogP contribution in [0.4, 0.5) is 0 Å². The molecule has 0 bridgehead atoms. The molecule has 0 heterocycles. The summed E-state index contributed by atoms with van der Waals surface area (Å²) < 4.78 is 133. The van der Waals surface area contributed by atoms with Gasteiger partial charge in [0.05, 0.1) is 317 Å². The maximum Gasteiger partial charge on any atom is 0.319 e. The average molecular weight is 1600 g/mol. The van der Waals surface area contributed by atoms with E-state index in [4.69, 9.17) is 114 Å². The number of nitrogens with one attached hydrogen (secondary N) is 2. The molecule has 0 fully saturated rings. The van der Waals surface area contributed by atoms with Crippen molar-refractivity contribution < 1.29 is 138 Å². The van der Waals surface area contributed by atoms with E-state index in [0.29, 0.717) is 349 Å². The third kappa shape index (κ3) is 84.5. The Bertz CT molecular complexity index is 1860. The summed E-state index contributed by atoms with van der Waals surface area (Å²) >= 11 is 0. The first-order valence-electron chi connectivity index (χ1n) is 41.4. The molecule has 0 saturated carbocycles. The molecule has 31 nitrogen and oxygen atoms in total. The summed E-state index contributed by atoms with van der Waals surface area (Å²) in [4.78, 5) is 48.9. The van der Waals surface area contributed by atoms with Gasteiger partial charge in [0, 0.05) is 25.9 Å². The third-order valence-corrected chi connectivity index (χ3v) is 16.4. The normalized spacial score (nSPS) is 12.2. The molecule has 0 aliphatic rings. The third-order valence-electron chi connectivity index (χ3n) is 16.4. The van der Waals surface area contributed by atoms with E-state index in [2.05, 4.69) is 17.6 Å². The predicted octanol–water partition coefficient (Wildman–Crippen LogP) is 7.51. The van der Waals surface area contributed by atoms with Gasteiger partial charge in [-0.25, -0.2) is 0 Å². The highest BCUT2D eigenvalue weighted by Gasteiger charge is 2.44. The van der Waals surface area contributed by atoms with Gasteiger partial charge < -0.3 is 134 Å². The highest BCUT2D eigenvalue weighted by molar-refractivity contribution is 6.01. The number of rotatable bonds is 99. The zero-order valence-corrected chi connectivity index (χ0v) is 68.6. The summed E-state index contributed by atoms with van der Waals surface area (Å²) in [6.45, 7) is 28.5. The van der Waals surface area contributed by atoms with Crippen LogP contribution in [0.25, 0.3) is 0 Å². The first-order valence-corrected chi connectivity index (χ1v) is 41.4. The lowest BCUT2D eigenvalue weighted by Crippen LogP contribution is -2.47. The molecular weight excluding hydrogens is 1440 g/mol. The Morgan fingerprint density at radius 3 is 0.627 bits per heavy atom. The Morgan fingerprint density at radius 1 is 0.236 bits per heavy atom. The van der Waals surface area contributed by atoms with Gasteiger partial charge in [-0.1, -0.05) is 110 Å². The molecular formula is C79H154N2O29. The van der Waals surface area contributed by atoms with Gasteiger partial charge in [0.25, 0.3) is 0 Å². The molecule has 0 saturated heterocycles. The smallest absolute Gasteiger partial charge is 0.319 e. The van der Waals surface area contributed by atoms with E-state index in [1.165, 1.54) is 32.1 Å². The van der Waals surface area contributed by atoms with Crippen LogP contribution < -0.4 is 10.6 Å². The van der Waals surface area contributed by atoms with Gasteiger partial charge in [-0.2, -0.15) is 0 Å². The molecule has 0 aliphatic heterocycles. The lowest BCUT2D eigenvalue weighted by molar-refractivity contribution is -0.157. The Hall–Kier alpha value is -2.88. The van der Waals surface area contributed by atoms with E-state index in [0.717, 1.165) is 70.6 Å². The Balaban J connectivity index is 3.40. The second kappa shape index (κ2) is 93.3. The molecule has 2 amide bonds. The van der Waals surface area contributed by atoms with Crippen molar-refractivity contribution in [3.8, 4) is 0 Å². The van der Waals surface area contributed by atoms with Crippen LogP contribution in [0.15, 0.2) is 0 Å². The zero-order chi connectivity index (χ0) is 79.4. The van der Waals surface area contributed by atoms with Gasteiger partial charge in [-0.3, -0.25) is 14.4 Å². The van der Waals surface area contributed by atoms with Crippen LogP contribution >= 0.6 is 0 Å². The number of hydrogen-bond acceptors (Lipinski definition) is 28. The minimum atomic E-state index is -1.43. The molecule has 31 heteroatoms. The summed E-state index contributed by atoms with van der Waals surface area (Å²) in [5.41, 5.74) is -1.43. The van der Waals surface area contributed by atoms with Crippen molar-refractivity contribution in [3.05, 3.63) is 0 Å². The minimum Gasteiger partial charge on any atom is -0.480 e. The molecule has 110 heavy (non-hydrogen) atoms. The molecule has 0 aromatic rings. The van der Waals surface area contributed by atoms with Gasteiger partial charge >= 0.3 is 5.97 Å². The van der Waals surface area contributed by atoms with Crippen LogP contribution in [-0.2, 0) is 133 Å². The fourth-order valence-electron chi connectivity index (χ4n) is 10.3. The van der Waals surface area contributed by atoms with Crippen LogP contribution in [0.1, 0.15) is 156 Å². The SMILES string of the molecule is CCCCCCCCCCCC(CCCCCCCCCCC(C)=O)(C(=O)O)C(=O)NCCOCCOCCOCCOCCOCCOCCOCCOCCOCCOCCOCCOCCOCCOCCOCCOCCOCCOCCOCCOCCOCCOCCOCCOCCC(=O)NCC.